The molecule has 0 N–H and O–H groups in total. The summed E-state index contributed by atoms with van der Waals surface area (Å²) in [4.78, 5) is 32.3. The van der Waals surface area contributed by atoms with Gasteiger partial charge in [-0.05, 0) is 108 Å². The summed E-state index contributed by atoms with van der Waals surface area (Å²) in [6.45, 7) is 7.41. The van der Waals surface area contributed by atoms with Crippen LogP contribution in [0.5, 0.6) is 17.2 Å². The number of hydrogen-bond donors (Lipinski definition) is 0. The molecule has 0 unspecified atom stereocenters. The fourth-order valence-corrected chi connectivity index (χ4v) is 7.18. The van der Waals surface area contributed by atoms with E-state index in [4.69, 9.17) is 24.2 Å². The fourth-order valence-electron chi connectivity index (χ4n) is 4.37. The molecule has 1 aliphatic rings. The minimum absolute atomic E-state index is 0.0697. The molecule has 0 saturated heterocycles. The number of aromatic nitrogens is 1. The number of fused-ring (bicyclic) bond motifs is 1. The van der Waals surface area contributed by atoms with Crippen LogP contribution in [0.1, 0.15) is 44.9 Å². The third-order valence-corrected chi connectivity index (χ3v) is 8.36. The molecule has 12 heteroatoms. The van der Waals surface area contributed by atoms with E-state index in [0.29, 0.717) is 42.3 Å². The van der Waals surface area contributed by atoms with E-state index >= 15 is 0 Å². The zero-order chi connectivity index (χ0) is 29.8. The number of ether oxygens (including phenoxy) is 4. The van der Waals surface area contributed by atoms with E-state index in [1.165, 1.54) is 15.9 Å². The first-order valence-corrected chi connectivity index (χ1v) is 15.3. The molecule has 2 heterocycles. The minimum Gasteiger partial charge on any atom is -0.493 e. The number of halogens is 2. The molecule has 1 aliphatic heterocycles. The predicted molar refractivity (Wildman–Crippen MR) is 167 cm³/mol. The van der Waals surface area contributed by atoms with Crippen LogP contribution in [-0.2, 0) is 9.53 Å². The van der Waals surface area contributed by atoms with Gasteiger partial charge in [-0.3, -0.25) is 9.36 Å². The average Bonchev–Trinajstić information content (AvgIpc) is 3.21. The molecule has 1 atom stereocenters. The highest BCUT2D eigenvalue weighted by molar-refractivity contribution is 14.1. The monoisotopic (exact) mass is 751 g/mol. The van der Waals surface area contributed by atoms with Gasteiger partial charge >= 0.3 is 5.97 Å². The lowest BCUT2D eigenvalue weighted by atomic mass is 9.95. The smallest absolute Gasteiger partial charge is 0.338 e. The lowest BCUT2D eigenvalue weighted by molar-refractivity contribution is -0.139. The van der Waals surface area contributed by atoms with Crippen LogP contribution in [0.25, 0.3) is 6.08 Å². The zero-order valence-corrected chi connectivity index (χ0v) is 27.5. The molecule has 0 saturated carbocycles. The predicted octanol–water partition coefficient (Wildman–Crippen LogP) is 4.86. The van der Waals surface area contributed by atoms with Crippen LogP contribution >= 0.6 is 49.9 Å². The quantitative estimate of drug-likeness (QED) is 0.227. The van der Waals surface area contributed by atoms with Gasteiger partial charge in [0.2, 0.25) is 0 Å². The van der Waals surface area contributed by atoms with Crippen LogP contribution < -0.4 is 29.1 Å². The van der Waals surface area contributed by atoms with Crippen LogP contribution in [0.4, 0.5) is 0 Å². The van der Waals surface area contributed by atoms with Crippen molar-refractivity contribution in [2.45, 2.75) is 39.8 Å². The molecule has 0 amide bonds. The number of nitrogens with zero attached hydrogens (tertiary/aromatic N) is 3. The van der Waals surface area contributed by atoms with Crippen molar-refractivity contribution in [1.82, 2.24) is 4.57 Å². The summed E-state index contributed by atoms with van der Waals surface area (Å²) in [6, 6.07) is 10.2. The van der Waals surface area contributed by atoms with Gasteiger partial charge in [-0.25, -0.2) is 9.79 Å². The standard InChI is InChI=1S/C29H27BrIN3O6S/c1-6-38-28(36)24-16(4)33-29-34(25(24)18-7-8-21(40-15(2)3)22(14-18)37-5)27(35)23(41-29)13-17-11-19(30)26(20(31)12-17)39-10-9-32/h7-8,11-15,25H,6,10H2,1-5H3/b23-13-/t25-/m1/s1. The third kappa shape index (κ3) is 6.52. The molecule has 0 bridgehead atoms. The maximum absolute atomic E-state index is 14.0. The Morgan fingerprint density at radius 3 is 2.68 bits per heavy atom. The molecule has 3 aromatic rings. The SMILES string of the molecule is CCOC(=O)C1=C(C)N=c2s/c(=C\c3cc(Br)c(OCC#N)c(I)c3)c(=O)n2[C@@H]1c1ccc(OC(C)C)c(OC)c1. The van der Waals surface area contributed by atoms with E-state index in [9.17, 15) is 9.59 Å². The van der Waals surface area contributed by atoms with Crippen LogP contribution in [0, 0.1) is 14.9 Å². The summed E-state index contributed by atoms with van der Waals surface area (Å²) in [5.41, 5.74) is 1.86. The van der Waals surface area contributed by atoms with Crippen molar-refractivity contribution in [2.24, 2.45) is 4.99 Å². The van der Waals surface area contributed by atoms with Crippen molar-refractivity contribution in [3.05, 3.63) is 80.5 Å². The second-order valence-corrected chi connectivity index (χ2v) is 12.2. The lowest BCUT2D eigenvalue weighted by Gasteiger charge is -2.25. The number of methoxy groups -OCH3 is 1. The van der Waals surface area contributed by atoms with E-state index in [2.05, 4.69) is 43.5 Å². The maximum Gasteiger partial charge on any atom is 0.338 e. The highest BCUT2D eigenvalue weighted by atomic mass is 127. The number of esters is 1. The van der Waals surface area contributed by atoms with Crippen LogP contribution in [0.3, 0.4) is 0 Å². The molecular formula is C29H27BrIN3O6S. The summed E-state index contributed by atoms with van der Waals surface area (Å²) >= 11 is 6.85. The van der Waals surface area contributed by atoms with E-state index in [-0.39, 0.29) is 30.5 Å². The van der Waals surface area contributed by atoms with Gasteiger partial charge in [0.1, 0.15) is 11.8 Å². The first kappa shape index (κ1) is 30.8. The Bertz CT molecular complexity index is 1730. The summed E-state index contributed by atoms with van der Waals surface area (Å²) in [5.74, 6) is 1.05. The summed E-state index contributed by atoms with van der Waals surface area (Å²) in [5, 5.41) is 8.86. The van der Waals surface area contributed by atoms with Crippen molar-refractivity contribution >= 4 is 61.9 Å². The van der Waals surface area contributed by atoms with Gasteiger partial charge < -0.3 is 18.9 Å². The average molecular weight is 752 g/mol. The minimum atomic E-state index is -0.789. The second kappa shape index (κ2) is 13.2. The summed E-state index contributed by atoms with van der Waals surface area (Å²) < 4.78 is 25.8. The largest absolute Gasteiger partial charge is 0.493 e. The zero-order valence-electron chi connectivity index (χ0n) is 23.0. The van der Waals surface area contributed by atoms with Gasteiger partial charge in [-0.15, -0.1) is 0 Å². The van der Waals surface area contributed by atoms with Crippen molar-refractivity contribution in [1.29, 1.82) is 5.26 Å². The van der Waals surface area contributed by atoms with Crippen LogP contribution in [0.15, 0.2) is 55.9 Å². The number of carbonyl (C=O) groups excluding carboxylic acids is 1. The molecule has 1 aromatic heterocycles. The number of benzene rings is 2. The first-order chi connectivity index (χ1) is 19.6. The molecule has 41 heavy (non-hydrogen) atoms. The van der Waals surface area contributed by atoms with E-state index in [1.54, 1.807) is 39.2 Å². The molecular weight excluding hydrogens is 725 g/mol. The van der Waals surface area contributed by atoms with Gasteiger partial charge in [0.25, 0.3) is 5.56 Å². The Hall–Kier alpha value is -3.15. The number of carbonyl (C=O) groups is 1. The number of thiazole rings is 1. The van der Waals surface area contributed by atoms with Crippen LogP contribution in [-0.4, -0.2) is 37.0 Å². The molecule has 0 spiro atoms. The molecule has 9 nitrogen and oxygen atoms in total. The third-order valence-electron chi connectivity index (χ3n) is 5.98. The van der Waals surface area contributed by atoms with E-state index < -0.39 is 12.0 Å². The molecule has 214 valence electrons. The Morgan fingerprint density at radius 1 is 1.29 bits per heavy atom. The summed E-state index contributed by atoms with van der Waals surface area (Å²) in [7, 11) is 1.54. The molecule has 0 aliphatic carbocycles. The maximum atomic E-state index is 14.0. The van der Waals surface area contributed by atoms with Gasteiger partial charge in [-0.1, -0.05) is 17.4 Å². The highest BCUT2D eigenvalue weighted by Crippen LogP contribution is 2.37. The van der Waals surface area contributed by atoms with Gasteiger partial charge in [-0.2, -0.15) is 5.26 Å². The topological polar surface area (TPSA) is 112 Å². The first-order valence-electron chi connectivity index (χ1n) is 12.6. The molecule has 4 rings (SSSR count). The Balaban J connectivity index is 1.91. The number of rotatable bonds is 9. The van der Waals surface area contributed by atoms with Crippen molar-refractivity contribution in [2.75, 3.05) is 20.3 Å². The molecule has 0 radical (unpaired) electrons. The van der Waals surface area contributed by atoms with Crippen LogP contribution in [0.2, 0.25) is 0 Å². The summed E-state index contributed by atoms with van der Waals surface area (Å²) in [6.07, 6.45) is 1.70. The Labute approximate surface area is 263 Å². The van der Waals surface area contributed by atoms with Crippen molar-refractivity contribution in [3.63, 3.8) is 0 Å². The van der Waals surface area contributed by atoms with E-state index in [1.807, 2.05) is 38.1 Å². The van der Waals surface area contributed by atoms with Gasteiger partial charge in [0.05, 0.1) is 49.7 Å². The highest BCUT2D eigenvalue weighted by Gasteiger charge is 2.34. The Kier molecular flexibility index (Phi) is 9.93. The van der Waals surface area contributed by atoms with Crippen molar-refractivity contribution < 1.29 is 23.7 Å². The normalized spacial score (nSPS) is 14.8. The number of hydrogen-bond acceptors (Lipinski definition) is 9. The Morgan fingerprint density at radius 2 is 2.05 bits per heavy atom. The van der Waals surface area contributed by atoms with Gasteiger partial charge in [0.15, 0.2) is 22.9 Å². The molecule has 2 aromatic carbocycles. The number of allylic oxidation sites excluding steroid dienone is 1. The lowest BCUT2D eigenvalue weighted by Crippen LogP contribution is -2.40. The van der Waals surface area contributed by atoms with Crippen molar-refractivity contribution in [3.8, 4) is 23.3 Å². The molecule has 0 fully saturated rings. The number of nitriles is 1. The van der Waals surface area contributed by atoms with E-state index in [0.717, 1.165) is 9.13 Å². The van der Waals surface area contributed by atoms with Gasteiger partial charge in [0, 0.05) is 0 Å². The second-order valence-electron chi connectivity index (χ2n) is 9.14. The fraction of sp³-hybridized carbons (Fsp3) is 0.310.